The molecule has 4 heterocycles. The summed E-state index contributed by atoms with van der Waals surface area (Å²) in [5.41, 5.74) is 0. The Kier molecular flexibility index (Phi) is 5.57. The van der Waals surface area contributed by atoms with E-state index in [0.717, 1.165) is 6.42 Å². The zero-order valence-corrected chi connectivity index (χ0v) is 15.8. The van der Waals surface area contributed by atoms with Crippen molar-refractivity contribution in [2.24, 2.45) is 0 Å². The standard InChI is InChI=1S/C17H27NO9/c1-17(2)24-7-11-13(27-17)14-12(18-16(19)26-14)15(25-11)22-6-10-9(4-5-21-10)23-8-20-3/h9-15H,4-8H2,1-3H3,(H,18,19)/t9-,10+,11+,12+,13+,14-,15+/m0/s1. The van der Waals surface area contributed by atoms with Gasteiger partial charge in [0.05, 0.1) is 19.3 Å². The number of alkyl carbamates (subject to hydrolysis) is 1. The van der Waals surface area contributed by atoms with E-state index in [4.69, 9.17) is 37.9 Å². The highest BCUT2D eigenvalue weighted by molar-refractivity contribution is 5.70. The number of methoxy groups -OCH3 is 1. The third-order valence-corrected chi connectivity index (χ3v) is 5.16. The summed E-state index contributed by atoms with van der Waals surface area (Å²) in [4.78, 5) is 11.8. The molecule has 0 unspecified atom stereocenters. The van der Waals surface area contributed by atoms with Crippen molar-refractivity contribution < 1.29 is 42.7 Å². The smallest absolute Gasteiger partial charge is 0.408 e. The van der Waals surface area contributed by atoms with E-state index in [1.807, 2.05) is 13.8 Å². The third-order valence-electron chi connectivity index (χ3n) is 5.16. The van der Waals surface area contributed by atoms with Crippen LogP contribution >= 0.6 is 0 Å². The maximum absolute atomic E-state index is 11.8. The fourth-order valence-corrected chi connectivity index (χ4v) is 3.87. The lowest BCUT2D eigenvalue weighted by molar-refractivity contribution is -0.364. The van der Waals surface area contributed by atoms with Gasteiger partial charge in [-0.3, -0.25) is 0 Å². The first-order valence-electron chi connectivity index (χ1n) is 9.25. The second-order valence-corrected chi connectivity index (χ2v) is 7.52. The summed E-state index contributed by atoms with van der Waals surface area (Å²) < 4.78 is 45.3. The lowest BCUT2D eigenvalue weighted by atomic mass is 9.96. The highest BCUT2D eigenvalue weighted by atomic mass is 16.8. The minimum atomic E-state index is -0.763. The summed E-state index contributed by atoms with van der Waals surface area (Å²) in [6, 6.07) is -0.465. The fraction of sp³-hybridized carbons (Fsp3) is 0.941. The summed E-state index contributed by atoms with van der Waals surface area (Å²) in [5.74, 6) is -0.763. The van der Waals surface area contributed by atoms with Crippen molar-refractivity contribution >= 4 is 6.09 Å². The monoisotopic (exact) mass is 389 g/mol. The molecule has 4 aliphatic rings. The molecule has 4 fully saturated rings. The maximum Gasteiger partial charge on any atom is 0.408 e. The molecule has 4 rings (SSSR count). The molecule has 4 aliphatic heterocycles. The van der Waals surface area contributed by atoms with Gasteiger partial charge in [0.1, 0.15) is 31.1 Å². The minimum absolute atomic E-state index is 0.103. The summed E-state index contributed by atoms with van der Waals surface area (Å²) in [6.07, 6.45) is -2.06. The normalized spacial score (nSPS) is 42.9. The van der Waals surface area contributed by atoms with Crippen molar-refractivity contribution in [1.82, 2.24) is 5.32 Å². The Hall–Kier alpha value is -1.01. The molecule has 0 saturated carbocycles. The summed E-state index contributed by atoms with van der Waals surface area (Å²) in [5, 5.41) is 2.76. The molecule has 1 amide bonds. The van der Waals surface area contributed by atoms with Gasteiger partial charge in [0.2, 0.25) is 0 Å². The van der Waals surface area contributed by atoms with Crippen molar-refractivity contribution in [1.29, 1.82) is 0 Å². The van der Waals surface area contributed by atoms with Crippen LogP contribution in [0.15, 0.2) is 0 Å². The first kappa shape index (κ1) is 19.3. The lowest BCUT2D eigenvalue weighted by Crippen LogP contribution is -2.65. The zero-order chi connectivity index (χ0) is 19.0. The molecular formula is C17H27NO9. The second-order valence-electron chi connectivity index (χ2n) is 7.52. The summed E-state index contributed by atoms with van der Waals surface area (Å²) in [6.45, 7) is 5.04. The third kappa shape index (κ3) is 4.07. The predicted octanol–water partition coefficient (Wildman–Crippen LogP) is 0.134. The predicted molar refractivity (Wildman–Crippen MR) is 87.8 cm³/mol. The van der Waals surface area contributed by atoms with E-state index < -0.39 is 36.4 Å². The topological polar surface area (TPSA) is 103 Å². The van der Waals surface area contributed by atoms with Gasteiger partial charge >= 0.3 is 6.09 Å². The van der Waals surface area contributed by atoms with Crippen LogP contribution in [-0.4, -0.2) is 88.5 Å². The number of ether oxygens (including phenoxy) is 8. The van der Waals surface area contributed by atoms with E-state index in [1.54, 1.807) is 7.11 Å². The van der Waals surface area contributed by atoms with E-state index in [1.165, 1.54) is 0 Å². The van der Waals surface area contributed by atoms with E-state index in [-0.39, 0.29) is 31.7 Å². The van der Waals surface area contributed by atoms with Gasteiger partial charge in [0, 0.05) is 13.7 Å². The van der Waals surface area contributed by atoms with Gasteiger partial charge in [0.15, 0.2) is 18.2 Å². The fourth-order valence-electron chi connectivity index (χ4n) is 3.87. The number of rotatable bonds is 6. The van der Waals surface area contributed by atoms with Gasteiger partial charge in [-0.05, 0) is 20.3 Å². The molecule has 27 heavy (non-hydrogen) atoms. The minimum Gasteiger partial charge on any atom is -0.441 e. The van der Waals surface area contributed by atoms with Crippen LogP contribution in [0.4, 0.5) is 4.79 Å². The summed E-state index contributed by atoms with van der Waals surface area (Å²) >= 11 is 0. The van der Waals surface area contributed by atoms with Gasteiger partial charge in [0.25, 0.3) is 0 Å². The van der Waals surface area contributed by atoms with Crippen molar-refractivity contribution in [3.8, 4) is 0 Å². The zero-order valence-electron chi connectivity index (χ0n) is 15.8. The van der Waals surface area contributed by atoms with Crippen LogP contribution in [0.25, 0.3) is 0 Å². The van der Waals surface area contributed by atoms with Crippen LogP contribution in [0.1, 0.15) is 20.3 Å². The Labute approximate surface area is 157 Å². The van der Waals surface area contributed by atoms with E-state index >= 15 is 0 Å². The quantitative estimate of drug-likeness (QED) is 0.635. The molecule has 4 saturated heterocycles. The number of amides is 1. The van der Waals surface area contributed by atoms with E-state index in [0.29, 0.717) is 13.2 Å². The molecule has 1 N–H and O–H groups in total. The molecular weight excluding hydrogens is 362 g/mol. The molecule has 7 atom stereocenters. The van der Waals surface area contributed by atoms with Crippen LogP contribution in [-0.2, 0) is 37.9 Å². The van der Waals surface area contributed by atoms with Crippen LogP contribution in [0, 0.1) is 0 Å². The number of fused-ring (bicyclic) bond motifs is 3. The van der Waals surface area contributed by atoms with Crippen LogP contribution in [0.3, 0.4) is 0 Å². The van der Waals surface area contributed by atoms with Crippen molar-refractivity contribution in [2.75, 3.05) is 33.7 Å². The molecule has 0 spiro atoms. The maximum atomic E-state index is 11.8. The van der Waals surface area contributed by atoms with Crippen LogP contribution < -0.4 is 5.32 Å². The van der Waals surface area contributed by atoms with E-state index in [2.05, 4.69) is 5.32 Å². The van der Waals surface area contributed by atoms with Crippen LogP contribution in [0.2, 0.25) is 0 Å². The number of nitrogens with one attached hydrogen (secondary N) is 1. The largest absolute Gasteiger partial charge is 0.441 e. The van der Waals surface area contributed by atoms with Crippen LogP contribution in [0.5, 0.6) is 0 Å². The van der Waals surface area contributed by atoms with Crippen molar-refractivity contribution in [2.45, 2.75) is 68.9 Å². The molecule has 10 nitrogen and oxygen atoms in total. The first-order valence-corrected chi connectivity index (χ1v) is 9.25. The first-order chi connectivity index (χ1) is 13.0. The lowest BCUT2D eigenvalue weighted by Gasteiger charge is -2.48. The van der Waals surface area contributed by atoms with Crippen molar-refractivity contribution in [3.63, 3.8) is 0 Å². The van der Waals surface area contributed by atoms with Gasteiger partial charge in [-0.15, -0.1) is 0 Å². The molecule has 0 bridgehead atoms. The number of hydrogen-bond donors (Lipinski definition) is 1. The summed E-state index contributed by atoms with van der Waals surface area (Å²) in [7, 11) is 1.58. The van der Waals surface area contributed by atoms with Gasteiger partial charge in [-0.1, -0.05) is 0 Å². The average molecular weight is 389 g/mol. The average Bonchev–Trinajstić information content (AvgIpc) is 3.23. The van der Waals surface area contributed by atoms with E-state index in [9.17, 15) is 4.79 Å². The molecule has 0 aromatic carbocycles. The molecule has 154 valence electrons. The molecule has 0 radical (unpaired) electrons. The van der Waals surface area contributed by atoms with Crippen molar-refractivity contribution in [3.05, 3.63) is 0 Å². The van der Waals surface area contributed by atoms with Gasteiger partial charge in [-0.2, -0.15) is 0 Å². The molecule has 10 heteroatoms. The highest BCUT2D eigenvalue weighted by Gasteiger charge is 2.57. The number of hydrogen-bond acceptors (Lipinski definition) is 9. The Morgan fingerprint density at radius 3 is 2.93 bits per heavy atom. The molecule has 0 aromatic rings. The SMILES string of the molecule is COCO[C@H]1CCO[C@@H]1CO[C@@H]1O[C@@H]2COC(C)(C)O[C@H]2[C@H]2OC(=O)N[C@@H]12. The number of carbonyl (C=O) groups is 1. The Morgan fingerprint density at radius 2 is 2.11 bits per heavy atom. The Bertz CT molecular complexity index is 544. The van der Waals surface area contributed by atoms with Gasteiger partial charge in [-0.25, -0.2) is 4.79 Å². The highest BCUT2D eigenvalue weighted by Crippen LogP contribution is 2.36. The Morgan fingerprint density at radius 1 is 1.26 bits per heavy atom. The second kappa shape index (κ2) is 7.78. The molecule has 0 aliphatic carbocycles. The number of carbonyl (C=O) groups excluding carboxylic acids is 1. The molecule has 0 aromatic heterocycles. The van der Waals surface area contributed by atoms with Gasteiger partial charge < -0.3 is 43.2 Å². The Balaban J connectivity index is 1.39.